The van der Waals surface area contributed by atoms with Crippen LogP contribution in [0.15, 0.2) is 42.5 Å². The van der Waals surface area contributed by atoms with Gasteiger partial charge < -0.3 is 15.3 Å². The van der Waals surface area contributed by atoms with E-state index in [4.69, 9.17) is 0 Å². The number of anilines is 2. The van der Waals surface area contributed by atoms with Gasteiger partial charge in [0.15, 0.2) is 0 Å². The van der Waals surface area contributed by atoms with E-state index in [2.05, 4.69) is 10.2 Å². The van der Waals surface area contributed by atoms with Crippen molar-refractivity contribution < 1.29 is 14.7 Å². The lowest BCUT2D eigenvalue weighted by atomic mass is 10.1. The molecule has 1 aliphatic heterocycles. The number of benzene rings is 2. The maximum atomic E-state index is 12.3. The Labute approximate surface area is 147 Å². The van der Waals surface area contributed by atoms with E-state index in [1.807, 2.05) is 37.3 Å². The number of carboxylic acid groups (broad SMARTS) is 1. The second kappa shape index (κ2) is 7.38. The van der Waals surface area contributed by atoms with Gasteiger partial charge in [0.2, 0.25) is 5.91 Å². The molecule has 1 saturated heterocycles. The Kier molecular flexibility index (Phi) is 5.03. The van der Waals surface area contributed by atoms with Crippen molar-refractivity contribution in [1.29, 1.82) is 0 Å². The Hall–Kier alpha value is -2.82. The fraction of sp³-hybridized carbons (Fsp3) is 0.300. The van der Waals surface area contributed by atoms with Crippen molar-refractivity contribution >= 4 is 23.3 Å². The van der Waals surface area contributed by atoms with Gasteiger partial charge in [-0.25, -0.2) is 4.79 Å². The highest BCUT2D eigenvalue weighted by Crippen LogP contribution is 2.26. The predicted molar refractivity (Wildman–Crippen MR) is 98.4 cm³/mol. The monoisotopic (exact) mass is 338 g/mol. The molecule has 1 heterocycles. The summed E-state index contributed by atoms with van der Waals surface area (Å²) in [7, 11) is 0. The van der Waals surface area contributed by atoms with Gasteiger partial charge in [0.05, 0.1) is 17.7 Å². The lowest BCUT2D eigenvalue weighted by Gasteiger charge is -2.19. The van der Waals surface area contributed by atoms with Crippen LogP contribution in [0.1, 0.15) is 34.3 Å². The van der Waals surface area contributed by atoms with Gasteiger partial charge in [0.25, 0.3) is 0 Å². The van der Waals surface area contributed by atoms with E-state index in [1.54, 1.807) is 12.1 Å². The second-order valence-electron chi connectivity index (χ2n) is 6.44. The summed E-state index contributed by atoms with van der Waals surface area (Å²) in [6.07, 6.45) is 2.46. The van der Waals surface area contributed by atoms with Crippen molar-refractivity contribution in [2.24, 2.45) is 0 Å². The first-order valence-electron chi connectivity index (χ1n) is 8.50. The van der Waals surface area contributed by atoms with Gasteiger partial charge in [-0.3, -0.25) is 4.79 Å². The molecule has 0 unspecified atom stereocenters. The molecular weight excluding hydrogens is 316 g/mol. The van der Waals surface area contributed by atoms with Gasteiger partial charge >= 0.3 is 5.97 Å². The largest absolute Gasteiger partial charge is 0.478 e. The summed E-state index contributed by atoms with van der Waals surface area (Å²) in [5, 5.41) is 12.2. The van der Waals surface area contributed by atoms with E-state index in [0.29, 0.717) is 5.69 Å². The molecule has 0 spiro atoms. The first kappa shape index (κ1) is 17.0. The molecule has 1 fully saturated rings. The van der Waals surface area contributed by atoms with E-state index in [9.17, 15) is 14.7 Å². The third-order valence-corrected chi connectivity index (χ3v) is 4.46. The van der Waals surface area contributed by atoms with Crippen LogP contribution in [0, 0.1) is 6.92 Å². The highest BCUT2D eigenvalue weighted by molar-refractivity contribution is 6.01. The van der Waals surface area contributed by atoms with E-state index < -0.39 is 5.97 Å². The molecule has 2 aromatic rings. The number of rotatable bonds is 5. The molecule has 0 bridgehead atoms. The molecular formula is C20H22N2O3. The van der Waals surface area contributed by atoms with E-state index >= 15 is 0 Å². The minimum atomic E-state index is -1.04. The molecule has 0 aliphatic carbocycles. The van der Waals surface area contributed by atoms with Gasteiger partial charge in [-0.2, -0.15) is 0 Å². The fourth-order valence-electron chi connectivity index (χ4n) is 3.08. The summed E-state index contributed by atoms with van der Waals surface area (Å²) in [5.41, 5.74) is 3.39. The number of carbonyl (C=O) groups excluding carboxylic acids is 1. The Morgan fingerprint density at radius 2 is 1.76 bits per heavy atom. The van der Waals surface area contributed by atoms with E-state index in [0.717, 1.165) is 42.7 Å². The van der Waals surface area contributed by atoms with Crippen LogP contribution in [-0.4, -0.2) is 30.1 Å². The van der Waals surface area contributed by atoms with Crippen LogP contribution in [0.2, 0.25) is 0 Å². The Morgan fingerprint density at radius 3 is 2.40 bits per heavy atom. The van der Waals surface area contributed by atoms with Crippen molar-refractivity contribution in [2.45, 2.75) is 26.2 Å². The van der Waals surface area contributed by atoms with Crippen LogP contribution in [-0.2, 0) is 11.2 Å². The Bertz CT molecular complexity index is 778. The molecule has 0 aromatic heterocycles. The van der Waals surface area contributed by atoms with Gasteiger partial charge in [-0.05, 0) is 43.5 Å². The van der Waals surface area contributed by atoms with Gasteiger partial charge in [0, 0.05) is 18.8 Å². The standard InChI is InChI=1S/C20H22N2O3/c1-14-4-6-15(7-5-14)12-19(23)21-18-9-8-16(13-17(18)20(24)25)22-10-2-3-11-22/h4-9,13H,2-3,10-12H2,1H3,(H,21,23)(H,24,25). The summed E-state index contributed by atoms with van der Waals surface area (Å²) >= 11 is 0. The summed E-state index contributed by atoms with van der Waals surface area (Å²) < 4.78 is 0. The van der Waals surface area contributed by atoms with E-state index in [-0.39, 0.29) is 17.9 Å². The zero-order chi connectivity index (χ0) is 17.8. The Balaban J connectivity index is 1.75. The highest BCUT2D eigenvalue weighted by atomic mass is 16.4. The number of amides is 1. The third kappa shape index (κ3) is 4.18. The van der Waals surface area contributed by atoms with Crippen molar-refractivity contribution in [2.75, 3.05) is 23.3 Å². The summed E-state index contributed by atoms with van der Waals surface area (Å²) in [4.78, 5) is 26.0. The molecule has 25 heavy (non-hydrogen) atoms. The first-order valence-corrected chi connectivity index (χ1v) is 8.50. The molecule has 5 heteroatoms. The highest BCUT2D eigenvalue weighted by Gasteiger charge is 2.18. The molecule has 1 aliphatic rings. The molecule has 2 N–H and O–H groups in total. The van der Waals surface area contributed by atoms with E-state index in [1.165, 1.54) is 0 Å². The molecule has 130 valence electrons. The van der Waals surface area contributed by atoms with Crippen LogP contribution < -0.4 is 10.2 Å². The maximum Gasteiger partial charge on any atom is 0.337 e. The lowest BCUT2D eigenvalue weighted by molar-refractivity contribution is -0.115. The Morgan fingerprint density at radius 1 is 1.08 bits per heavy atom. The zero-order valence-electron chi connectivity index (χ0n) is 14.3. The SMILES string of the molecule is Cc1ccc(CC(=O)Nc2ccc(N3CCCC3)cc2C(=O)O)cc1. The number of aryl methyl sites for hydroxylation is 1. The molecule has 1 amide bonds. The number of nitrogens with zero attached hydrogens (tertiary/aromatic N) is 1. The van der Waals surface area contributed by atoms with Crippen LogP contribution in [0.5, 0.6) is 0 Å². The van der Waals surface area contributed by atoms with Gasteiger partial charge in [0.1, 0.15) is 0 Å². The molecule has 0 radical (unpaired) electrons. The topological polar surface area (TPSA) is 69.6 Å². The second-order valence-corrected chi connectivity index (χ2v) is 6.44. The van der Waals surface area contributed by atoms with Gasteiger partial charge in [-0.15, -0.1) is 0 Å². The number of carbonyl (C=O) groups is 2. The maximum absolute atomic E-state index is 12.3. The minimum Gasteiger partial charge on any atom is -0.478 e. The molecule has 0 saturated carbocycles. The first-order chi connectivity index (χ1) is 12.0. The number of aromatic carboxylic acids is 1. The van der Waals surface area contributed by atoms with Crippen molar-refractivity contribution in [3.63, 3.8) is 0 Å². The summed E-state index contributed by atoms with van der Waals surface area (Å²) in [6.45, 7) is 3.88. The van der Waals surface area contributed by atoms with Crippen molar-refractivity contribution in [1.82, 2.24) is 0 Å². The molecule has 0 atom stereocenters. The summed E-state index contributed by atoms with van der Waals surface area (Å²) in [6, 6.07) is 12.9. The number of nitrogens with one attached hydrogen (secondary N) is 1. The zero-order valence-corrected chi connectivity index (χ0v) is 14.3. The number of hydrogen-bond acceptors (Lipinski definition) is 3. The van der Waals surface area contributed by atoms with Gasteiger partial charge in [-0.1, -0.05) is 29.8 Å². The number of carboxylic acids is 1. The lowest BCUT2D eigenvalue weighted by Crippen LogP contribution is -2.20. The minimum absolute atomic E-state index is 0.127. The molecule has 2 aromatic carbocycles. The average molecular weight is 338 g/mol. The summed E-state index contributed by atoms with van der Waals surface area (Å²) in [5.74, 6) is -1.26. The van der Waals surface area contributed by atoms with Crippen LogP contribution in [0.4, 0.5) is 11.4 Å². The van der Waals surface area contributed by atoms with Crippen molar-refractivity contribution in [3.8, 4) is 0 Å². The molecule has 5 nitrogen and oxygen atoms in total. The fourth-order valence-corrected chi connectivity index (χ4v) is 3.08. The van der Waals surface area contributed by atoms with Crippen LogP contribution >= 0.6 is 0 Å². The normalized spacial score (nSPS) is 13.7. The van der Waals surface area contributed by atoms with Crippen LogP contribution in [0.25, 0.3) is 0 Å². The smallest absolute Gasteiger partial charge is 0.337 e. The van der Waals surface area contributed by atoms with Crippen molar-refractivity contribution in [3.05, 3.63) is 59.2 Å². The average Bonchev–Trinajstić information content (AvgIpc) is 3.11. The predicted octanol–water partition coefficient (Wildman–Crippen LogP) is 3.47. The number of hydrogen-bond donors (Lipinski definition) is 2. The molecule has 3 rings (SSSR count). The van der Waals surface area contributed by atoms with Crippen LogP contribution in [0.3, 0.4) is 0 Å². The quantitative estimate of drug-likeness (QED) is 0.876. The third-order valence-electron chi connectivity index (χ3n) is 4.46.